The molecule has 2 unspecified atom stereocenters. The number of hydrogen-bond donors (Lipinski definition) is 0. The largest absolute Gasteiger partial charge is 0.309 e. The molecule has 0 fully saturated rings. The number of nitrogens with zero attached hydrogens (tertiary/aromatic N) is 3. The highest BCUT2D eigenvalue weighted by Crippen LogP contribution is 2.56. The lowest BCUT2D eigenvalue weighted by Crippen LogP contribution is -2.20. The standard InChI is InChI=1S/C55H37N3/c1-34-50-43-28-14-15-29-44(43)54-53(45-30-16-17-31-49(45)58(54)37-21-6-3-7-22-37)52(50)42-27-13-12-26-41(42)51(34)55-56-47(35-18-4-2-5-19-35)33-48(57-55)46-32-36-20-8-9-23-38(36)39-24-10-11-25-40(39)46/h2-34,51H,1H3. The molecule has 3 nitrogen and oxygen atoms in total. The van der Waals surface area contributed by atoms with Crippen molar-refractivity contribution in [1.82, 2.24) is 14.5 Å². The molecule has 272 valence electrons. The number of hydrogen-bond acceptors (Lipinski definition) is 2. The first kappa shape index (κ1) is 32.8. The summed E-state index contributed by atoms with van der Waals surface area (Å²) in [5.74, 6) is 0.807. The fourth-order valence-corrected chi connectivity index (χ4v) is 10.1. The Kier molecular flexibility index (Phi) is 7.27. The highest BCUT2D eigenvalue weighted by molar-refractivity contribution is 6.26. The van der Waals surface area contributed by atoms with Gasteiger partial charge in [0, 0.05) is 33.0 Å². The van der Waals surface area contributed by atoms with Crippen LogP contribution in [0, 0.1) is 0 Å². The molecular formula is C55H37N3. The van der Waals surface area contributed by atoms with Gasteiger partial charge in [0.1, 0.15) is 5.82 Å². The third kappa shape index (κ3) is 4.80. The summed E-state index contributed by atoms with van der Waals surface area (Å²) in [4.78, 5) is 11.2. The number of aromatic nitrogens is 3. The monoisotopic (exact) mass is 739 g/mol. The summed E-state index contributed by atoms with van der Waals surface area (Å²) < 4.78 is 2.47. The van der Waals surface area contributed by atoms with Gasteiger partial charge in [0.25, 0.3) is 0 Å². The Morgan fingerprint density at radius 3 is 1.88 bits per heavy atom. The third-order valence-electron chi connectivity index (χ3n) is 12.5. The van der Waals surface area contributed by atoms with Crippen molar-refractivity contribution in [2.45, 2.75) is 18.8 Å². The molecule has 0 saturated carbocycles. The van der Waals surface area contributed by atoms with E-state index in [-0.39, 0.29) is 11.8 Å². The Morgan fingerprint density at radius 2 is 1.07 bits per heavy atom. The second-order valence-electron chi connectivity index (χ2n) is 15.7. The SMILES string of the molecule is CC1c2c(c3c4ccccc4n(-c4ccccc4)c3c3ccccc23)-c2ccccc2C1c1nc(-c2ccccc2)cc(-c2cc3ccccc3c3ccccc23)n1. The lowest BCUT2D eigenvalue weighted by atomic mass is 9.69. The van der Waals surface area contributed by atoms with Gasteiger partial charge in [-0.05, 0) is 85.4 Å². The lowest BCUT2D eigenvalue weighted by Gasteiger charge is -2.35. The molecule has 58 heavy (non-hydrogen) atoms. The number of benzene rings is 9. The van der Waals surface area contributed by atoms with E-state index in [2.05, 4.69) is 206 Å². The zero-order valence-corrected chi connectivity index (χ0v) is 32.0. The summed E-state index contributed by atoms with van der Waals surface area (Å²) in [5.41, 5.74) is 12.9. The topological polar surface area (TPSA) is 30.7 Å². The van der Waals surface area contributed by atoms with Gasteiger partial charge in [0.15, 0.2) is 0 Å². The Morgan fingerprint density at radius 1 is 0.466 bits per heavy atom. The molecule has 12 rings (SSSR count). The maximum atomic E-state index is 5.65. The molecule has 0 amide bonds. The lowest BCUT2D eigenvalue weighted by molar-refractivity contribution is 0.620. The summed E-state index contributed by atoms with van der Waals surface area (Å²) in [5, 5.41) is 9.96. The minimum Gasteiger partial charge on any atom is -0.309 e. The molecule has 0 N–H and O–H groups in total. The Hall–Kier alpha value is -7.36. The van der Waals surface area contributed by atoms with Gasteiger partial charge in [0.05, 0.1) is 28.3 Å². The van der Waals surface area contributed by atoms with E-state index in [4.69, 9.17) is 9.97 Å². The Bertz CT molecular complexity index is 3420. The van der Waals surface area contributed by atoms with Gasteiger partial charge < -0.3 is 4.57 Å². The molecule has 2 heterocycles. The Labute approximate surface area is 336 Å². The van der Waals surface area contributed by atoms with Crippen molar-refractivity contribution in [3.63, 3.8) is 0 Å². The predicted octanol–water partition coefficient (Wildman–Crippen LogP) is 14.3. The maximum absolute atomic E-state index is 5.65. The highest BCUT2D eigenvalue weighted by atomic mass is 15.0. The summed E-state index contributed by atoms with van der Waals surface area (Å²) in [6, 6.07) is 70.3. The van der Waals surface area contributed by atoms with Crippen LogP contribution >= 0.6 is 0 Å². The third-order valence-corrected chi connectivity index (χ3v) is 12.5. The summed E-state index contributed by atoms with van der Waals surface area (Å²) >= 11 is 0. The van der Waals surface area contributed by atoms with E-state index in [1.54, 1.807) is 0 Å². The molecular weight excluding hydrogens is 703 g/mol. The van der Waals surface area contributed by atoms with E-state index in [0.29, 0.717) is 0 Å². The van der Waals surface area contributed by atoms with Gasteiger partial charge >= 0.3 is 0 Å². The van der Waals surface area contributed by atoms with Crippen LogP contribution in [-0.2, 0) is 0 Å². The zero-order chi connectivity index (χ0) is 38.3. The summed E-state index contributed by atoms with van der Waals surface area (Å²) in [6.45, 7) is 2.40. The maximum Gasteiger partial charge on any atom is 0.137 e. The first-order valence-electron chi connectivity index (χ1n) is 20.2. The van der Waals surface area contributed by atoms with Crippen molar-refractivity contribution in [2.24, 2.45) is 0 Å². The van der Waals surface area contributed by atoms with E-state index in [1.807, 2.05) is 0 Å². The van der Waals surface area contributed by atoms with E-state index in [9.17, 15) is 0 Å². The summed E-state index contributed by atoms with van der Waals surface area (Å²) in [6.07, 6.45) is 0. The van der Waals surface area contributed by atoms with Crippen molar-refractivity contribution in [3.05, 3.63) is 211 Å². The van der Waals surface area contributed by atoms with Crippen molar-refractivity contribution < 1.29 is 0 Å². The fourth-order valence-electron chi connectivity index (χ4n) is 10.1. The van der Waals surface area contributed by atoms with E-state index in [0.717, 1.165) is 34.0 Å². The van der Waals surface area contributed by atoms with Gasteiger partial charge in [-0.2, -0.15) is 0 Å². The van der Waals surface area contributed by atoms with E-state index < -0.39 is 0 Å². The van der Waals surface area contributed by atoms with Crippen LogP contribution in [-0.4, -0.2) is 14.5 Å². The molecule has 0 saturated heterocycles. The van der Waals surface area contributed by atoms with Gasteiger partial charge in [-0.25, -0.2) is 9.97 Å². The second kappa shape index (κ2) is 12.8. The highest BCUT2D eigenvalue weighted by Gasteiger charge is 2.38. The molecule has 1 aliphatic carbocycles. The van der Waals surface area contributed by atoms with Crippen LogP contribution in [0.15, 0.2) is 194 Å². The molecule has 2 aromatic heterocycles. The van der Waals surface area contributed by atoms with Crippen LogP contribution in [0.1, 0.15) is 35.7 Å². The van der Waals surface area contributed by atoms with Crippen molar-refractivity contribution in [1.29, 1.82) is 0 Å². The van der Waals surface area contributed by atoms with Crippen LogP contribution < -0.4 is 0 Å². The van der Waals surface area contributed by atoms with Crippen molar-refractivity contribution >= 4 is 54.1 Å². The molecule has 0 radical (unpaired) electrons. The summed E-state index contributed by atoms with van der Waals surface area (Å²) in [7, 11) is 0. The van der Waals surface area contributed by atoms with E-state index in [1.165, 1.54) is 76.4 Å². The van der Waals surface area contributed by atoms with Crippen LogP contribution in [0.2, 0.25) is 0 Å². The normalized spacial score (nSPS) is 15.0. The Balaban J connectivity index is 1.17. The zero-order valence-electron chi connectivity index (χ0n) is 32.0. The number of para-hydroxylation sites is 2. The molecule has 1 aliphatic rings. The molecule has 0 bridgehead atoms. The second-order valence-corrected chi connectivity index (χ2v) is 15.7. The molecule has 11 aromatic rings. The molecule has 0 aliphatic heterocycles. The first-order valence-corrected chi connectivity index (χ1v) is 20.2. The van der Waals surface area contributed by atoms with Gasteiger partial charge in [-0.1, -0.05) is 171 Å². The molecule has 2 atom stereocenters. The predicted molar refractivity (Wildman–Crippen MR) is 242 cm³/mol. The minimum absolute atomic E-state index is 0.0604. The number of fused-ring (bicyclic) bond motifs is 13. The van der Waals surface area contributed by atoms with Crippen LogP contribution in [0.4, 0.5) is 0 Å². The number of rotatable bonds is 4. The molecule has 0 spiro atoms. The molecule has 3 heteroatoms. The van der Waals surface area contributed by atoms with Crippen LogP contribution in [0.5, 0.6) is 0 Å². The van der Waals surface area contributed by atoms with Gasteiger partial charge in [-0.3, -0.25) is 0 Å². The average Bonchev–Trinajstić information content (AvgIpc) is 3.64. The molecule has 9 aromatic carbocycles. The van der Waals surface area contributed by atoms with Crippen molar-refractivity contribution in [2.75, 3.05) is 0 Å². The smallest absolute Gasteiger partial charge is 0.137 e. The van der Waals surface area contributed by atoms with Gasteiger partial charge in [-0.15, -0.1) is 0 Å². The minimum atomic E-state index is -0.0961. The fraction of sp³-hybridized carbons (Fsp3) is 0.0545. The van der Waals surface area contributed by atoms with Crippen molar-refractivity contribution in [3.8, 4) is 39.3 Å². The van der Waals surface area contributed by atoms with Crippen LogP contribution in [0.25, 0.3) is 93.5 Å². The van der Waals surface area contributed by atoms with Gasteiger partial charge in [0.2, 0.25) is 0 Å². The van der Waals surface area contributed by atoms with Crippen LogP contribution in [0.3, 0.4) is 0 Å². The van der Waals surface area contributed by atoms with E-state index >= 15 is 0 Å². The quantitative estimate of drug-likeness (QED) is 0.168. The first-order chi connectivity index (χ1) is 28.7. The average molecular weight is 740 g/mol.